The van der Waals surface area contributed by atoms with Gasteiger partial charge in [0.05, 0.1) is 12.2 Å². The van der Waals surface area contributed by atoms with Crippen LogP contribution in [0.2, 0.25) is 0 Å². The maximum Gasteiger partial charge on any atom is 0.276 e. The molecule has 0 saturated carbocycles. The quantitative estimate of drug-likeness (QED) is 0.867. The van der Waals surface area contributed by atoms with Crippen LogP contribution in [-0.2, 0) is 0 Å². The van der Waals surface area contributed by atoms with Crippen LogP contribution in [0.15, 0.2) is 6.20 Å². The molecule has 1 aromatic heterocycles. The van der Waals surface area contributed by atoms with Crippen molar-refractivity contribution in [1.82, 2.24) is 25.2 Å². The number of hydrogen-bond donors (Lipinski definition) is 1. The van der Waals surface area contributed by atoms with Crippen LogP contribution in [0.5, 0.6) is 0 Å². The molecular weight excluding hydrogens is 266 g/mol. The zero-order valence-electron chi connectivity index (χ0n) is 13.4. The lowest BCUT2D eigenvalue weighted by Crippen LogP contribution is -2.34. The summed E-state index contributed by atoms with van der Waals surface area (Å²) in [7, 11) is 0. The highest BCUT2D eigenvalue weighted by Crippen LogP contribution is 2.17. The first-order chi connectivity index (χ1) is 10.2. The van der Waals surface area contributed by atoms with E-state index in [4.69, 9.17) is 0 Å². The summed E-state index contributed by atoms with van der Waals surface area (Å²) in [5.41, 5.74) is 0.471. The lowest BCUT2D eigenvalue weighted by molar-refractivity contribution is 0.0735. The number of aromatic nitrogens is 3. The van der Waals surface area contributed by atoms with Gasteiger partial charge in [-0.1, -0.05) is 25.5 Å². The fraction of sp³-hybridized carbons (Fsp3) is 0.800. The van der Waals surface area contributed by atoms with Gasteiger partial charge in [-0.15, -0.1) is 5.10 Å². The molecule has 21 heavy (non-hydrogen) atoms. The molecule has 6 nitrogen and oxygen atoms in total. The first-order valence-electron chi connectivity index (χ1n) is 8.07. The van der Waals surface area contributed by atoms with Crippen LogP contribution in [0.25, 0.3) is 0 Å². The second kappa shape index (κ2) is 7.54. The third-order valence-corrected chi connectivity index (χ3v) is 4.31. The summed E-state index contributed by atoms with van der Waals surface area (Å²) in [5, 5.41) is 11.6. The molecule has 1 fully saturated rings. The Morgan fingerprint density at radius 1 is 1.48 bits per heavy atom. The maximum atomic E-state index is 12.5. The Balaban J connectivity index is 2.03. The van der Waals surface area contributed by atoms with E-state index in [0.717, 1.165) is 38.9 Å². The van der Waals surface area contributed by atoms with Gasteiger partial charge < -0.3 is 10.2 Å². The molecule has 0 radical (unpaired) electrons. The summed E-state index contributed by atoms with van der Waals surface area (Å²) >= 11 is 0. The lowest BCUT2D eigenvalue weighted by atomic mass is 10.1. The van der Waals surface area contributed by atoms with Crippen molar-refractivity contribution < 1.29 is 4.79 Å². The Hall–Kier alpha value is -1.43. The van der Waals surface area contributed by atoms with Crippen molar-refractivity contribution in [2.75, 3.05) is 26.2 Å². The van der Waals surface area contributed by atoms with E-state index < -0.39 is 0 Å². The highest BCUT2D eigenvalue weighted by atomic mass is 16.2. The first-order valence-corrected chi connectivity index (χ1v) is 8.07. The van der Waals surface area contributed by atoms with Gasteiger partial charge >= 0.3 is 0 Å². The predicted molar refractivity (Wildman–Crippen MR) is 82.2 cm³/mol. The van der Waals surface area contributed by atoms with Crippen molar-refractivity contribution in [3.05, 3.63) is 11.9 Å². The number of carbonyl (C=O) groups is 1. The van der Waals surface area contributed by atoms with Crippen molar-refractivity contribution in [2.45, 2.75) is 46.1 Å². The highest BCUT2D eigenvalue weighted by molar-refractivity contribution is 5.91. The Kier molecular flexibility index (Phi) is 5.73. The summed E-state index contributed by atoms with van der Waals surface area (Å²) in [6, 6.07) is 0.366. The minimum absolute atomic E-state index is 0.00187. The average Bonchev–Trinajstić information content (AvgIpc) is 3.02. The average molecular weight is 293 g/mol. The van der Waals surface area contributed by atoms with Gasteiger partial charge in [0.1, 0.15) is 0 Å². The molecular formula is C15H27N5O. The van der Waals surface area contributed by atoms with E-state index in [0.29, 0.717) is 24.2 Å². The summed E-state index contributed by atoms with van der Waals surface area (Å²) < 4.78 is 1.87. The topological polar surface area (TPSA) is 63.1 Å². The van der Waals surface area contributed by atoms with Gasteiger partial charge in [0, 0.05) is 13.1 Å². The summed E-state index contributed by atoms with van der Waals surface area (Å²) in [5.74, 6) is 0.506. The number of carbonyl (C=O) groups excluding carboxylic acids is 1. The molecule has 1 amide bonds. The Morgan fingerprint density at radius 3 is 2.81 bits per heavy atom. The molecule has 1 saturated heterocycles. The fourth-order valence-electron chi connectivity index (χ4n) is 2.65. The van der Waals surface area contributed by atoms with Gasteiger partial charge in [0.15, 0.2) is 5.69 Å². The molecule has 0 spiro atoms. The van der Waals surface area contributed by atoms with E-state index in [1.165, 1.54) is 0 Å². The number of amides is 1. The number of nitrogens with one attached hydrogen (secondary N) is 1. The second-order valence-electron chi connectivity index (χ2n) is 5.92. The van der Waals surface area contributed by atoms with Crippen LogP contribution >= 0.6 is 0 Å². The van der Waals surface area contributed by atoms with Gasteiger partial charge in [0.25, 0.3) is 5.91 Å². The Labute approximate surface area is 126 Å². The predicted octanol–water partition coefficient (Wildman–Crippen LogP) is 1.71. The third kappa shape index (κ3) is 4.03. The molecule has 118 valence electrons. The van der Waals surface area contributed by atoms with Crippen LogP contribution in [0, 0.1) is 5.92 Å². The molecule has 1 aromatic rings. The molecule has 1 aliphatic heterocycles. The summed E-state index contributed by atoms with van der Waals surface area (Å²) in [4.78, 5) is 14.4. The fourth-order valence-corrected chi connectivity index (χ4v) is 2.65. The van der Waals surface area contributed by atoms with Crippen LogP contribution in [0.1, 0.15) is 56.6 Å². The van der Waals surface area contributed by atoms with E-state index in [-0.39, 0.29) is 5.91 Å². The Morgan fingerprint density at radius 2 is 2.19 bits per heavy atom. The van der Waals surface area contributed by atoms with E-state index in [9.17, 15) is 4.79 Å². The summed E-state index contributed by atoms with van der Waals surface area (Å²) in [6.45, 7) is 9.83. The molecule has 1 unspecified atom stereocenters. The van der Waals surface area contributed by atoms with Crippen molar-refractivity contribution >= 4 is 5.91 Å². The van der Waals surface area contributed by atoms with Gasteiger partial charge in [-0.25, -0.2) is 4.68 Å². The van der Waals surface area contributed by atoms with E-state index >= 15 is 0 Å². The number of piperidine rings is 1. The Bertz CT molecular complexity index is 453. The van der Waals surface area contributed by atoms with Gasteiger partial charge in [0.2, 0.25) is 0 Å². The van der Waals surface area contributed by atoms with Gasteiger partial charge in [-0.3, -0.25) is 4.79 Å². The van der Waals surface area contributed by atoms with Crippen molar-refractivity contribution in [2.24, 2.45) is 5.92 Å². The van der Waals surface area contributed by atoms with Crippen LogP contribution in [0.3, 0.4) is 0 Å². The second-order valence-corrected chi connectivity index (χ2v) is 5.92. The molecule has 6 heteroatoms. The molecule has 2 heterocycles. The molecule has 1 aliphatic rings. The standard InChI is InChI=1S/C15H27N5O/c1-4-12(3)10-19(5-2)15(21)14-11-20(18-17-14)13-6-8-16-9-7-13/h11-13,16H,4-10H2,1-3H3. The molecule has 0 aliphatic carbocycles. The minimum atomic E-state index is -0.00187. The van der Waals surface area contributed by atoms with Crippen molar-refractivity contribution in [3.8, 4) is 0 Å². The molecule has 0 aromatic carbocycles. The van der Waals surface area contributed by atoms with Crippen LogP contribution in [0.4, 0.5) is 0 Å². The van der Waals surface area contributed by atoms with Gasteiger partial charge in [-0.05, 0) is 38.8 Å². The number of rotatable bonds is 6. The third-order valence-electron chi connectivity index (χ3n) is 4.31. The van der Waals surface area contributed by atoms with Gasteiger partial charge in [-0.2, -0.15) is 0 Å². The monoisotopic (exact) mass is 293 g/mol. The smallest absolute Gasteiger partial charge is 0.276 e. The van der Waals surface area contributed by atoms with Crippen molar-refractivity contribution in [3.63, 3.8) is 0 Å². The minimum Gasteiger partial charge on any atom is -0.337 e. The first kappa shape index (κ1) is 15.9. The van der Waals surface area contributed by atoms with Crippen LogP contribution in [-0.4, -0.2) is 52.0 Å². The zero-order valence-corrected chi connectivity index (χ0v) is 13.4. The molecule has 1 N–H and O–H groups in total. The normalized spacial score (nSPS) is 17.7. The zero-order chi connectivity index (χ0) is 15.2. The molecule has 2 rings (SSSR count). The highest BCUT2D eigenvalue weighted by Gasteiger charge is 2.22. The van der Waals surface area contributed by atoms with E-state index in [2.05, 4.69) is 29.5 Å². The lowest BCUT2D eigenvalue weighted by Gasteiger charge is -2.23. The SMILES string of the molecule is CCC(C)CN(CC)C(=O)c1cn(C2CCNCC2)nn1. The van der Waals surface area contributed by atoms with Crippen LogP contribution < -0.4 is 5.32 Å². The van der Waals surface area contributed by atoms with E-state index in [1.54, 1.807) is 0 Å². The number of hydrogen-bond acceptors (Lipinski definition) is 4. The largest absolute Gasteiger partial charge is 0.337 e. The van der Waals surface area contributed by atoms with E-state index in [1.807, 2.05) is 22.7 Å². The van der Waals surface area contributed by atoms with Crippen molar-refractivity contribution in [1.29, 1.82) is 0 Å². The number of nitrogens with zero attached hydrogens (tertiary/aromatic N) is 4. The molecule has 0 bridgehead atoms. The maximum absolute atomic E-state index is 12.5. The summed E-state index contributed by atoms with van der Waals surface area (Å²) in [6.07, 6.45) is 4.98. The molecule has 1 atom stereocenters.